The van der Waals surface area contributed by atoms with Crippen LogP contribution in [0.25, 0.3) is 11.8 Å². The van der Waals surface area contributed by atoms with E-state index in [9.17, 15) is 9.59 Å². The molecule has 0 fully saturated rings. The minimum absolute atomic E-state index is 0.0610. The van der Waals surface area contributed by atoms with Gasteiger partial charge in [0.25, 0.3) is 5.56 Å². The highest BCUT2D eigenvalue weighted by Crippen LogP contribution is 2.37. The lowest BCUT2D eigenvalue weighted by molar-refractivity contribution is 0.0882. The van der Waals surface area contributed by atoms with Crippen molar-refractivity contribution < 1.29 is 4.79 Å². The molecule has 1 aromatic carbocycles. The van der Waals surface area contributed by atoms with Crippen LogP contribution >= 0.6 is 0 Å². The van der Waals surface area contributed by atoms with Gasteiger partial charge in [0.05, 0.1) is 5.70 Å². The number of carbonyl (C=O) groups is 1. The number of aromatic nitrogens is 1. The summed E-state index contributed by atoms with van der Waals surface area (Å²) in [5.74, 6) is 0.0610. The van der Waals surface area contributed by atoms with Crippen LogP contribution < -0.4 is 5.56 Å². The van der Waals surface area contributed by atoms with E-state index in [0.717, 1.165) is 16.8 Å². The predicted octanol–water partition coefficient (Wildman–Crippen LogP) is 3.60. The van der Waals surface area contributed by atoms with E-state index in [1.165, 1.54) is 6.07 Å². The molecule has 0 saturated carbocycles. The molecule has 0 saturated heterocycles. The summed E-state index contributed by atoms with van der Waals surface area (Å²) < 4.78 is 1.58. The molecule has 0 bridgehead atoms. The van der Waals surface area contributed by atoms with Gasteiger partial charge in [-0.15, -0.1) is 0 Å². The van der Waals surface area contributed by atoms with Gasteiger partial charge in [-0.05, 0) is 37.6 Å². The Labute approximate surface area is 129 Å². The Balaban J connectivity index is 2.34. The van der Waals surface area contributed by atoms with Crippen LogP contribution in [0.2, 0.25) is 0 Å². The van der Waals surface area contributed by atoms with Gasteiger partial charge in [-0.2, -0.15) is 0 Å². The molecule has 1 aliphatic rings. The van der Waals surface area contributed by atoms with Crippen LogP contribution in [0.5, 0.6) is 0 Å². The zero-order valence-electron chi connectivity index (χ0n) is 12.7. The van der Waals surface area contributed by atoms with Crippen LogP contribution in [-0.2, 0) is 0 Å². The van der Waals surface area contributed by atoms with Crippen molar-refractivity contribution in [3.8, 4) is 0 Å². The molecule has 1 heterocycles. The Morgan fingerprint density at radius 2 is 1.86 bits per heavy atom. The molecule has 1 aliphatic carbocycles. The largest absolute Gasteiger partial charge is 0.293 e. The van der Waals surface area contributed by atoms with Crippen LogP contribution in [0.4, 0.5) is 0 Å². The third-order valence-electron chi connectivity index (χ3n) is 3.96. The first-order chi connectivity index (χ1) is 10.4. The molecular formula is C19H17NO2. The van der Waals surface area contributed by atoms with Crippen molar-refractivity contribution in [2.24, 2.45) is 5.41 Å². The van der Waals surface area contributed by atoms with Gasteiger partial charge in [0, 0.05) is 28.8 Å². The number of benzene rings is 1. The molecule has 3 heteroatoms. The van der Waals surface area contributed by atoms with Crippen LogP contribution in [0.15, 0.2) is 60.0 Å². The fourth-order valence-corrected chi connectivity index (χ4v) is 2.76. The highest BCUT2D eigenvalue weighted by atomic mass is 16.1. The summed E-state index contributed by atoms with van der Waals surface area (Å²) in [7, 11) is 0. The summed E-state index contributed by atoms with van der Waals surface area (Å²) in [6.07, 6.45) is 5.33. The van der Waals surface area contributed by atoms with Gasteiger partial charge in [0.1, 0.15) is 0 Å². The number of pyridine rings is 1. The van der Waals surface area contributed by atoms with Crippen molar-refractivity contribution in [1.29, 1.82) is 0 Å². The van der Waals surface area contributed by atoms with Gasteiger partial charge in [-0.1, -0.05) is 30.9 Å². The second kappa shape index (κ2) is 4.95. The summed E-state index contributed by atoms with van der Waals surface area (Å²) in [6, 6.07) is 10.6. The number of rotatable bonds is 2. The van der Waals surface area contributed by atoms with E-state index in [2.05, 4.69) is 6.58 Å². The molecule has 1 aromatic heterocycles. The molecular weight excluding hydrogens is 274 g/mol. The average molecular weight is 291 g/mol. The zero-order chi connectivity index (χ0) is 15.9. The Kier molecular flexibility index (Phi) is 3.21. The predicted molar refractivity (Wildman–Crippen MR) is 88.7 cm³/mol. The van der Waals surface area contributed by atoms with E-state index in [1.54, 1.807) is 22.9 Å². The summed E-state index contributed by atoms with van der Waals surface area (Å²) in [6.45, 7) is 7.51. The second-order valence-corrected chi connectivity index (χ2v) is 6.00. The highest BCUT2D eigenvalue weighted by Gasteiger charge is 2.34. The SMILES string of the molecule is C=Cc1ccc2c(c1)C(n1ccccc1=O)=CC(C)(C)C2=O. The maximum atomic E-state index is 12.6. The molecule has 2 aromatic rings. The molecule has 22 heavy (non-hydrogen) atoms. The zero-order valence-corrected chi connectivity index (χ0v) is 12.7. The Morgan fingerprint density at radius 3 is 2.55 bits per heavy atom. The summed E-state index contributed by atoms with van der Waals surface area (Å²) in [4.78, 5) is 24.8. The highest BCUT2D eigenvalue weighted by molar-refractivity contribution is 6.08. The topological polar surface area (TPSA) is 39.1 Å². The number of fused-ring (bicyclic) bond motifs is 1. The van der Waals surface area contributed by atoms with Gasteiger partial charge in [0.2, 0.25) is 0 Å². The molecule has 3 rings (SSSR count). The summed E-state index contributed by atoms with van der Waals surface area (Å²) in [5, 5.41) is 0. The molecule has 0 radical (unpaired) electrons. The smallest absolute Gasteiger partial charge is 0.255 e. The van der Waals surface area contributed by atoms with Crippen LogP contribution in [-0.4, -0.2) is 10.4 Å². The number of Topliss-reactive ketones (excluding diaryl/α,β-unsaturated/α-hetero) is 1. The van der Waals surface area contributed by atoms with Crippen molar-refractivity contribution in [1.82, 2.24) is 4.57 Å². The van der Waals surface area contributed by atoms with Crippen LogP contribution in [0, 0.1) is 5.41 Å². The number of hydrogen-bond donors (Lipinski definition) is 0. The molecule has 0 spiro atoms. The lowest BCUT2D eigenvalue weighted by Crippen LogP contribution is -2.30. The van der Waals surface area contributed by atoms with Crippen molar-refractivity contribution in [2.75, 3.05) is 0 Å². The van der Waals surface area contributed by atoms with E-state index in [4.69, 9.17) is 0 Å². The lowest BCUT2D eigenvalue weighted by Gasteiger charge is -2.29. The van der Waals surface area contributed by atoms with Crippen molar-refractivity contribution in [3.63, 3.8) is 0 Å². The first-order valence-corrected chi connectivity index (χ1v) is 7.16. The minimum Gasteiger partial charge on any atom is -0.293 e. The molecule has 0 atom stereocenters. The third-order valence-corrected chi connectivity index (χ3v) is 3.96. The van der Waals surface area contributed by atoms with E-state index in [1.807, 2.05) is 44.2 Å². The van der Waals surface area contributed by atoms with Crippen LogP contribution in [0.1, 0.15) is 35.3 Å². The van der Waals surface area contributed by atoms with Crippen molar-refractivity contribution in [3.05, 3.63) is 82.3 Å². The number of hydrogen-bond acceptors (Lipinski definition) is 2. The number of allylic oxidation sites excluding steroid dienone is 1. The Morgan fingerprint density at radius 1 is 1.09 bits per heavy atom. The number of carbonyl (C=O) groups excluding carboxylic acids is 1. The van der Waals surface area contributed by atoms with Crippen molar-refractivity contribution >= 4 is 17.6 Å². The third kappa shape index (κ3) is 2.15. The molecule has 0 unspecified atom stereocenters. The monoisotopic (exact) mass is 291 g/mol. The minimum atomic E-state index is -0.646. The van der Waals surface area contributed by atoms with Crippen LogP contribution in [0.3, 0.4) is 0 Å². The molecule has 110 valence electrons. The maximum Gasteiger partial charge on any atom is 0.255 e. The van der Waals surface area contributed by atoms with E-state index < -0.39 is 5.41 Å². The Hall–Kier alpha value is -2.68. The van der Waals surface area contributed by atoms with E-state index in [-0.39, 0.29) is 11.3 Å². The Bertz CT molecular complexity index is 869. The van der Waals surface area contributed by atoms with Gasteiger partial charge in [-0.25, -0.2) is 0 Å². The fraction of sp³-hybridized carbons (Fsp3) is 0.158. The first kappa shape index (κ1) is 14.3. The molecule has 0 N–H and O–H groups in total. The average Bonchev–Trinajstić information content (AvgIpc) is 2.51. The standard InChI is InChI=1S/C19H17NO2/c1-4-13-8-9-14-15(11-13)16(12-19(2,3)18(14)22)20-10-6-5-7-17(20)21/h4-12H,1H2,2-3H3. The number of nitrogens with zero attached hydrogens (tertiary/aromatic N) is 1. The van der Waals surface area contributed by atoms with E-state index >= 15 is 0 Å². The second-order valence-electron chi connectivity index (χ2n) is 6.00. The van der Waals surface area contributed by atoms with Gasteiger partial charge < -0.3 is 0 Å². The quantitative estimate of drug-likeness (QED) is 0.848. The fourth-order valence-electron chi connectivity index (χ4n) is 2.76. The van der Waals surface area contributed by atoms with E-state index in [0.29, 0.717) is 5.56 Å². The van der Waals surface area contributed by atoms with Gasteiger partial charge in [0.15, 0.2) is 5.78 Å². The summed E-state index contributed by atoms with van der Waals surface area (Å²) >= 11 is 0. The molecule has 0 amide bonds. The number of ketones is 1. The van der Waals surface area contributed by atoms with Crippen molar-refractivity contribution in [2.45, 2.75) is 13.8 Å². The first-order valence-electron chi connectivity index (χ1n) is 7.16. The normalized spacial score (nSPS) is 15.9. The lowest BCUT2D eigenvalue weighted by atomic mass is 9.76. The maximum absolute atomic E-state index is 12.6. The molecule has 3 nitrogen and oxygen atoms in total. The molecule has 0 aliphatic heterocycles. The summed E-state index contributed by atoms with van der Waals surface area (Å²) in [5.41, 5.74) is 2.32. The van der Waals surface area contributed by atoms with Gasteiger partial charge in [-0.3, -0.25) is 14.2 Å². The van der Waals surface area contributed by atoms with Gasteiger partial charge >= 0.3 is 0 Å².